The first-order chi connectivity index (χ1) is 13.6. The fourth-order valence-electron chi connectivity index (χ4n) is 2.97. The minimum Gasteiger partial charge on any atom is -0.477 e. The van der Waals surface area contributed by atoms with Gasteiger partial charge in [-0.05, 0) is 5.92 Å². The van der Waals surface area contributed by atoms with E-state index in [1.807, 2.05) is 18.7 Å². The lowest BCUT2D eigenvalue weighted by Crippen LogP contribution is -2.49. The van der Waals surface area contributed by atoms with Gasteiger partial charge in [0.05, 0.1) is 6.61 Å². The molecule has 2 aromatic rings. The third kappa shape index (κ3) is 4.96. The van der Waals surface area contributed by atoms with Gasteiger partial charge in [0, 0.05) is 45.4 Å². The van der Waals surface area contributed by atoms with Gasteiger partial charge in [0.1, 0.15) is 17.8 Å². The third-order valence-corrected chi connectivity index (χ3v) is 4.47. The van der Waals surface area contributed by atoms with E-state index in [4.69, 9.17) is 4.74 Å². The van der Waals surface area contributed by atoms with Crippen molar-refractivity contribution in [2.45, 2.75) is 20.0 Å². The number of alkyl halides is 3. The molecule has 0 radical (unpaired) electrons. The number of nitrogens with zero attached hydrogens (tertiary/aromatic N) is 6. The van der Waals surface area contributed by atoms with Crippen molar-refractivity contribution in [3.05, 3.63) is 29.8 Å². The molecule has 1 amide bonds. The van der Waals surface area contributed by atoms with E-state index >= 15 is 0 Å². The summed E-state index contributed by atoms with van der Waals surface area (Å²) < 4.78 is 45.1. The van der Waals surface area contributed by atoms with E-state index in [1.165, 1.54) is 18.3 Å². The zero-order valence-electron chi connectivity index (χ0n) is 16.5. The molecule has 0 saturated carbocycles. The lowest BCUT2D eigenvalue weighted by molar-refractivity contribution is -0.143. The fourth-order valence-corrected chi connectivity index (χ4v) is 2.97. The van der Waals surface area contributed by atoms with E-state index in [0.717, 1.165) is 6.07 Å². The summed E-state index contributed by atoms with van der Waals surface area (Å²) in [7, 11) is 1.17. The number of anilines is 1. The van der Waals surface area contributed by atoms with Crippen LogP contribution in [0.4, 0.5) is 19.0 Å². The van der Waals surface area contributed by atoms with Gasteiger partial charge in [-0.3, -0.25) is 9.48 Å². The van der Waals surface area contributed by atoms with E-state index in [0.29, 0.717) is 55.1 Å². The second-order valence-corrected chi connectivity index (χ2v) is 7.23. The van der Waals surface area contributed by atoms with Crippen molar-refractivity contribution in [2.24, 2.45) is 13.0 Å². The molecule has 0 unspecified atom stereocenters. The summed E-state index contributed by atoms with van der Waals surface area (Å²) in [4.78, 5) is 24.4. The molecule has 1 aliphatic heterocycles. The number of hydrogen-bond acceptors (Lipinski definition) is 6. The van der Waals surface area contributed by atoms with Crippen LogP contribution in [0, 0.1) is 5.92 Å². The van der Waals surface area contributed by atoms with Crippen LogP contribution in [0.3, 0.4) is 0 Å². The minimum absolute atomic E-state index is 0.209. The zero-order chi connectivity index (χ0) is 21.2. The average Bonchev–Trinajstić information content (AvgIpc) is 3.08. The van der Waals surface area contributed by atoms with Crippen LogP contribution in [-0.4, -0.2) is 63.3 Å². The van der Waals surface area contributed by atoms with Gasteiger partial charge in [-0.25, -0.2) is 9.97 Å². The van der Waals surface area contributed by atoms with Gasteiger partial charge in [0.2, 0.25) is 5.88 Å². The molecule has 158 valence electrons. The maximum Gasteiger partial charge on any atom is 0.433 e. The van der Waals surface area contributed by atoms with Crippen molar-refractivity contribution < 1.29 is 22.7 Å². The number of carbonyl (C=O) groups excluding carboxylic acids is 1. The molecule has 29 heavy (non-hydrogen) atoms. The van der Waals surface area contributed by atoms with Crippen LogP contribution in [0.25, 0.3) is 0 Å². The normalized spacial score (nSPS) is 15.1. The Bertz CT molecular complexity index is 860. The largest absolute Gasteiger partial charge is 0.477 e. The van der Waals surface area contributed by atoms with Crippen molar-refractivity contribution >= 4 is 11.7 Å². The van der Waals surface area contributed by atoms with Crippen molar-refractivity contribution in [3.63, 3.8) is 0 Å². The number of piperazine rings is 1. The number of carbonyl (C=O) groups is 1. The van der Waals surface area contributed by atoms with Crippen molar-refractivity contribution in [3.8, 4) is 5.88 Å². The van der Waals surface area contributed by atoms with Crippen LogP contribution in [0.1, 0.15) is 30.0 Å². The van der Waals surface area contributed by atoms with Crippen LogP contribution in [0.15, 0.2) is 18.5 Å². The second-order valence-electron chi connectivity index (χ2n) is 7.23. The Labute approximate surface area is 166 Å². The van der Waals surface area contributed by atoms with Gasteiger partial charge in [-0.2, -0.15) is 18.3 Å². The smallest absolute Gasteiger partial charge is 0.433 e. The molecule has 3 rings (SSSR count). The molecule has 0 aliphatic carbocycles. The van der Waals surface area contributed by atoms with Crippen LogP contribution in [0.5, 0.6) is 5.88 Å². The maximum absolute atomic E-state index is 12.9. The molecule has 1 fully saturated rings. The van der Waals surface area contributed by atoms with Crippen molar-refractivity contribution in [2.75, 3.05) is 37.7 Å². The van der Waals surface area contributed by atoms with Crippen LogP contribution in [-0.2, 0) is 13.2 Å². The van der Waals surface area contributed by atoms with E-state index in [1.54, 1.807) is 6.07 Å². The molecule has 0 aromatic carbocycles. The number of aromatic nitrogens is 4. The van der Waals surface area contributed by atoms with E-state index in [2.05, 4.69) is 15.1 Å². The SMILES string of the molecule is CC(C)COc1cc(N2CCN(C(=O)c3cc(C(F)(F)F)n(C)n3)CC2)ncn1. The Balaban J connectivity index is 1.62. The van der Waals surface area contributed by atoms with Gasteiger partial charge in [0.25, 0.3) is 5.91 Å². The second kappa shape index (κ2) is 8.26. The van der Waals surface area contributed by atoms with E-state index in [-0.39, 0.29) is 5.69 Å². The summed E-state index contributed by atoms with van der Waals surface area (Å²) in [6.45, 7) is 6.31. The highest BCUT2D eigenvalue weighted by Gasteiger charge is 2.36. The first-order valence-corrected chi connectivity index (χ1v) is 9.25. The Hall–Kier alpha value is -2.85. The van der Waals surface area contributed by atoms with E-state index < -0.39 is 17.8 Å². The molecular formula is C18H23F3N6O2. The summed E-state index contributed by atoms with van der Waals surface area (Å²) >= 11 is 0. The maximum atomic E-state index is 12.9. The molecule has 1 saturated heterocycles. The highest BCUT2D eigenvalue weighted by molar-refractivity contribution is 5.92. The van der Waals surface area contributed by atoms with Crippen molar-refractivity contribution in [1.82, 2.24) is 24.6 Å². The molecule has 0 N–H and O–H groups in total. The van der Waals surface area contributed by atoms with Gasteiger partial charge < -0.3 is 14.5 Å². The summed E-state index contributed by atoms with van der Waals surface area (Å²) in [6.07, 6.45) is -3.13. The van der Waals surface area contributed by atoms with Gasteiger partial charge in [-0.15, -0.1) is 0 Å². The monoisotopic (exact) mass is 412 g/mol. The molecule has 2 aromatic heterocycles. The van der Waals surface area contributed by atoms with Gasteiger partial charge in [0.15, 0.2) is 5.69 Å². The summed E-state index contributed by atoms with van der Waals surface area (Å²) in [6, 6.07) is 2.53. The highest BCUT2D eigenvalue weighted by Crippen LogP contribution is 2.29. The predicted octanol–water partition coefficient (Wildman–Crippen LogP) is 2.23. The van der Waals surface area contributed by atoms with Crippen molar-refractivity contribution in [1.29, 1.82) is 0 Å². The average molecular weight is 412 g/mol. The highest BCUT2D eigenvalue weighted by atomic mass is 19.4. The Kier molecular flexibility index (Phi) is 5.94. The zero-order valence-corrected chi connectivity index (χ0v) is 16.5. The van der Waals surface area contributed by atoms with Crippen LogP contribution in [0.2, 0.25) is 0 Å². The third-order valence-electron chi connectivity index (χ3n) is 4.47. The molecule has 3 heterocycles. The van der Waals surface area contributed by atoms with Crippen LogP contribution < -0.4 is 9.64 Å². The number of aryl methyl sites for hydroxylation is 1. The Morgan fingerprint density at radius 3 is 2.45 bits per heavy atom. The van der Waals surface area contributed by atoms with Gasteiger partial charge in [-0.1, -0.05) is 13.8 Å². The first kappa shape index (κ1) is 20.9. The lowest BCUT2D eigenvalue weighted by Gasteiger charge is -2.35. The van der Waals surface area contributed by atoms with Crippen LogP contribution >= 0.6 is 0 Å². The number of hydrogen-bond donors (Lipinski definition) is 0. The number of halogens is 3. The number of rotatable bonds is 5. The Morgan fingerprint density at radius 1 is 1.17 bits per heavy atom. The number of amides is 1. The lowest BCUT2D eigenvalue weighted by atomic mass is 10.2. The summed E-state index contributed by atoms with van der Waals surface area (Å²) in [5, 5.41) is 3.73. The quantitative estimate of drug-likeness (QED) is 0.750. The minimum atomic E-state index is -4.55. The molecule has 0 bridgehead atoms. The predicted molar refractivity (Wildman–Crippen MR) is 98.7 cm³/mol. The standard InChI is InChI=1S/C18H23F3N6O2/c1-12(2)10-29-16-9-15(22-11-23-16)26-4-6-27(7-5-26)17(28)13-8-14(18(19,20)21)25(3)24-13/h8-9,11-12H,4-7,10H2,1-3H3. The summed E-state index contributed by atoms with van der Waals surface area (Å²) in [5.74, 6) is 1.02. The molecule has 0 atom stereocenters. The molecular weight excluding hydrogens is 389 g/mol. The topological polar surface area (TPSA) is 76.4 Å². The summed E-state index contributed by atoms with van der Waals surface area (Å²) in [5.41, 5.74) is -1.16. The Morgan fingerprint density at radius 2 is 1.86 bits per heavy atom. The number of ether oxygens (including phenoxy) is 1. The molecule has 0 spiro atoms. The first-order valence-electron chi connectivity index (χ1n) is 9.25. The van der Waals surface area contributed by atoms with E-state index in [9.17, 15) is 18.0 Å². The fraction of sp³-hybridized carbons (Fsp3) is 0.556. The molecule has 8 nitrogen and oxygen atoms in total. The molecule has 11 heteroatoms. The van der Waals surface area contributed by atoms with Gasteiger partial charge >= 0.3 is 6.18 Å². The molecule has 1 aliphatic rings.